The lowest BCUT2D eigenvalue weighted by atomic mass is 10.0. The van der Waals surface area contributed by atoms with Crippen molar-refractivity contribution in [3.8, 4) is 0 Å². The molecule has 1 aromatic carbocycles. The average Bonchev–Trinajstić information content (AvgIpc) is 2.82. The number of aromatic nitrogens is 1. The topological polar surface area (TPSA) is 70.9 Å². The predicted octanol–water partition coefficient (Wildman–Crippen LogP) is 2.34. The molecule has 0 spiro atoms. The molecule has 0 saturated heterocycles. The number of para-hydroxylation sites is 1. The highest BCUT2D eigenvalue weighted by Crippen LogP contribution is 2.18. The van der Waals surface area contributed by atoms with Gasteiger partial charge in [-0.3, -0.25) is 4.79 Å². The maximum atomic E-state index is 12.0. The molecule has 2 rings (SSSR count). The molecule has 20 heavy (non-hydrogen) atoms. The van der Waals surface area contributed by atoms with Crippen molar-refractivity contribution in [2.45, 2.75) is 45.2 Å². The van der Waals surface area contributed by atoms with Gasteiger partial charge in [-0.2, -0.15) is 0 Å². The van der Waals surface area contributed by atoms with Gasteiger partial charge in [0.25, 0.3) is 0 Å². The number of hydrogen-bond acceptors (Lipinski definition) is 2. The standard InChI is InChI=1S/C16H23N3O/c1-3-6-11(2)19-16(20)14(17)9-12-10-18-15-8-5-4-7-13(12)15/h4-5,7-8,10-11,14,18H,3,6,9,17H2,1-2H3,(H,19,20)/t11?,14-/m0/s1. The van der Waals surface area contributed by atoms with Crippen molar-refractivity contribution in [2.75, 3.05) is 0 Å². The monoisotopic (exact) mass is 273 g/mol. The Kier molecular flexibility index (Phi) is 4.79. The number of aromatic amines is 1. The van der Waals surface area contributed by atoms with Crippen LogP contribution in [0.3, 0.4) is 0 Å². The van der Waals surface area contributed by atoms with Gasteiger partial charge in [0.1, 0.15) is 0 Å². The fraction of sp³-hybridized carbons (Fsp3) is 0.438. The summed E-state index contributed by atoms with van der Waals surface area (Å²) in [6.07, 6.45) is 4.52. The number of rotatable bonds is 6. The maximum absolute atomic E-state index is 12.0. The van der Waals surface area contributed by atoms with Crippen molar-refractivity contribution >= 4 is 16.8 Å². The molecule has 2 aromatic rings. The molecule has 1 amide bonds. The Morgan fingerprint density at radius 1 is 1.40 bits per heavy atom. The van der Waals surface area contributed by atoms with Gasteiger partial charge in [0.05, 0.1) is 6.04 Å². The number of fused-ring (bicyclic) bond motifs is 1. The first-order valence-corrected chi connectivity index (χ1v) is 7.22. The van der Waals surface area contributed by atoms with Gasteiger partial charge in [-0.15, -0.1) is 0 Å². The van der Waals surface area contributed by atoms with Crippen molar-refractivity contribution < 1.29 is 4.79 Å². The summed E-state index contributed by atoms with van der Waals surface area (Å²) >= 11 is 0. The number of nitrogens with two attached hydrogens (primary N) is 1. The van der Waals surface area contributed by atoms with E-state index in [1.807, 2.05) is 37.4 Å². The second kappa shape index (κ2) is 6.57. The Morgan fingerprint density at radius 3 is 2.90 bits per heavy atom. The van der Waals surface area contributed by atoms with E-state index >= 15 is 0 Å². The second-order valence-electron chi connectivity index (χ2n) is 5.37. The largest absolute Gasteiger partial charge is 0.361 e. The van der Waals surface area contributed by atoms with E-state index in [1.165, 1.54) is 0 Å². The van der Waals surface area contributed by atoms with Crippen LogP contribution >= 0.6 is 0 Å². The van der Waals surface area contributed by atoms with Crippen LogP contribution in [0.4, 0.5) is 0 Å². The van der Waals surface area contributed by atoms with Crippen LogP contribution in [-0.2, 0) is 11.2 Å². The van der Waals surface area contributed by atoms with Crippen molar-refractivity contribution in [3.63, 3.8) is 0 Å². The van der Waals surface area contributed by atoms with Gasteiger partial charge in [-0.05, 0) is 31.4 Å². The molecule has 0 aliphatic heterocycles. The van der Waals surface area contributed by atoms with Crippen molar-refractivity contribution in [1.29, 1.82) is 0 Å². The molecule has 0 aliphatic rings. The minimum atomic E-state index is -0.506. The van der Waals surface area contributed by atoms with Gasteiger partial charge < -0.3 is 16.0 Å². The van der Waals surface area contributed by atoms with Crippen LogP contribution in [0, 0.1) is 0 Å². The van der Waals surface area contributed by atoms with E-state index in [0.717, 1.165) is 29.3 Å². The summed E-state index contributed by atoms with van der Waals surface area (Å²) in [4.78, 5) is 15.3. The Hall–Kier alpha value is -1.81. The minimum Gasteiger partial charge on any atom is -0.361 e. The summed E-state index contributed by atoms with van der Waals surface area (Å²) in [5.41, 5.74) is 8.19. The lowest BCUT2D eigenvalue weighted by Crippen LogP contribution is -2.45. The number of nitrogens with one attached hydrogen (secondary N) is 2. The fourth-order valence-electron chi connectivity index (χ4n) is 2.49. The third-order valence-corrected chi connectivity index (χ3v) is 3.56. The number of H-pyrrole nitrogens is 1. The molecule has 4 N–H and O–H groups in total. The number of benzene rings is 1. The lowest BCUT2D eigenvalue weighted by molar-refractivity contribution is -0.122. The highest BCUT2D eigenvalue weighted by molar-refractivity contribution is 5.86. The molecule has 108 valence electrons. The van der Waals surface area contributed by atoms with E-state index in [4.69, 9.17) is 5.73 Å². The number of carbonyl (C=O) groups is 1. The third kappa shape index (κ3) is 3.39. The molecule has 2 atom stereocenters. The molecule has 4 nitrogen and oxygen atoms in total. The Morgan fingerprint density at radius 2 is 2.15 bits per heavy atom. The Labute approximate surface area is 119 Å². The second-order valence-corrected chi connectivity index (χ2v) is 5.37. The Balaban J connectivity index is 2.00. The molecule has 0 aliphatic carbocycles. The number of hydrogen-bond donors (Lipinski definition) is 3. The van der Waals surface area contributed by atoms with Crippen molar-refractivity contribution in [2.24, 2.45) is 5.73 Å². The van der Waals surface area contributed by atoms with E-state index < -0.39 is 6.04 Å². The molecule has 0 saturated carbocycles. The summed E-state index contributed by atoms with van der Waals surface area (Å²) in [6, 6.07) is 7.73. The zero-order chi connectivity index (χ0) is 14.5. The van der Waals surface area contributed by atoms with Gasteiger partial charge in [0.15, 0.2) is 0 Å². The van der Waals surface area contributed by atoms with Crippen molar-refractivity contribution in [3.05, 3.63) is 36.0 Å². The van der Waals surface area contributed by atoms with Crippen LogP contribution in [0.1, 0.15) is 32.3 Å². The first-order valence-electron chi connectivity index (χ1n) is 7.22. The molecular formula is C16H23N3O. The van der Waals surface area contributed by atoms with E-state index in [2.05, 4.69) is 17.2 Å². The first kappa shape index (κ1) is 14.6. The quantitative estimate of drug-likeness (QED) is 0.756. The average molecular weight is 273 g/mol. The van der Waals surface area contributed by atoms with Crippen LogP contribution in [0.5, 0.6) is 0 Å². The van der Waals surface area contributed by atoms with Crippen molar-refractivity contribution in [1.82, 2.24) is 10.3 Å². The van der Waals surface area contributed by atoms with E-state index in [9.17, 15) is 4.79 Å². The highest BCUT2D eigenvalue weighted by Gasteiger charge is 2.17. The first-order chi connectivity index (χ1) is 9.61. The fourth-order valence-corrected chi connectivity index (χ4v) is 2.49. The molecule has 1 heterocycles. The molecule has 1 unspecified atom stereocenters. The number of amides is 1. The van der Waals surface area contributed by atoms with E-state index in [0.29, 0.717) is 6.42 Å². The van der Waals surface area contributed by atoms with Crippen LogP contribution in [0.15, 0.2) is 30.5 Å². The van der Waals surface area contributed by atoms with Gasteiger partial charge >= 0.3 is 0 Å². The summed E-state index contributed by atoms with van der Waals surface area (Å²) < 4.78 is 0. The summed E-state index contributed by atoms with van der Waals surface area (Å²) in [5, 5.41) is 4.10. The molecule has 1 aromatic heterocycles. The summed E-state index contributed by atoms with van der Waals surface area (Å²) in [6.45, 7) is 4.12. The van der Waals surface area contributed by atoms with E-state index in [1.54, 1.807) is 0 Å². The Bertz CT molecular complexity index is 576. The van der Waals surface area contributed by atoms with Crippen LogP contribution in [0.2, 0.25) is 0 Å². The predicted molar refractivity (Wildman–Crippen MR) is 82.5 cm³/mol. The minimum absolute atomic E-state index is 0.0729. The lowest BCUT2D eigenvalue weighted by Gasteiger charge is -2.16. The zero-order valence-electron chi connectivity index (χ0n) is 12.1. The zero-order valence-corrected chi connectivity index (χ0v) is 12.1. The third-order valence-electron chi connectivity index (χ3n) is 3.56. The summed E-state index contributed by atoms with van der Waals surface area (Å²) in [5.74, 6) is -0.0729. The molecule has 0 fully saturated rings. The molecule has 0 radical (unpaired) electrons. The summed E-state index contributed by atoms with van der Waals surface area (Å²) in [7, 11) is 0. The SMILES string of the molecule is CCCC(C)NC(=O)[C@@H](N)Cc1c[nH]c2ccccc12. The molecule has 0 bridgehead atoms. The molecular weight excluding hydrogens is 250 g/mol. The van der Waals surface area contributed by atoms with Gasteiger partial charge in [0.2, 0.25) is 5.91 Å². The maximum Gasteiger partial charge on any atom is 0.237 e. The van der Waals surface area contributed by atoms with Crippen LogP contribution < -0.4 is 11.1 Å². The molecule has 4 heteroatoms. The van der Waals surface area contributed by atoms with Gasteiger partial charge in [-0.25, -0.2) is 0 Å². The van der Waals surface area contributed by atoms with Gasteiger partial charge in [-0.1, -0.05) is 31.5 Å². The van der Waals surface area contributed by atoms with Crippen LogP contribution in [0.25, 0.3) is 10.9 Å². The van der Waals surface area contributed by atoms with E-state index in [-0.39, 0.29) is 11.9 Å². The smallest absolute Gasteiger partial charge is 0.237 e. The van der Waals surface area contributed by atoms with Crippen LogP contribution in [-0.4, -0.2) is 23.0 Å². The van der Waals surface area contributed by atoms with Gasteiger partial charge in [0, 0.05) is 23.1 Å². The highest BCUT2D eigenvalue weighted by atomic mass is 16.2. The normalized spacial score (nSPS) is 14.2. The number of carbonyl (C=O) groups excluding carboxylic acids is 1.